The van der Waals surface area contributed by atoms with Crippen molar-refractivity contribution < 1.29 is 24.3 Å². The number of aliphatic carboxylic acids is 1. The van der Waals surface area contributed by atoms with Gasteiger partial charge < -0.3 is 20.4 Å². The predicted molar refractivity (Wildman–Crippen MR) is 81.7 cm³/mol. The number of hydrogen-bond acceptors (Lipinski definition) is 8. The van der Waals surface area contributed by atoms with Gasteiger partial charge in [-0.1, -0.05) is 5.16 Å². The lowest BCUT2D eigenvalue weighted by atomic mass is 10.2. The molecular formula is C13H19N3O5S. The monoisotopic (exact) mass is 329 g/mol. The van der Waals surface area contributed by atoms with E-state index < -0.39 is 23.6 Å². The first-order valence-corrected chi connectivity index (χ1v) is 7.37. The van der Waals surface area contributed by atoms with E-state index in [2.05, 4.69) is 10.1 Å². The zero-order chi connectivity index (χ0) is 16.9. The van der Waals surface area contributed by atoms with Gasteiger partial charge in [-0.25, -0.2) is 9.78 Å². The topological polar surface area (TPSA) is 124 Å². The molecule has 0 aliphatic heterocycles. The molecule has 0 bridgehead atoms. The highest BCUT2D eigenvalue weighted by Crippen LogP contribution is 2.14. The molecule has 0 saturated carbocycles. The molecule has 3 N–H and O–H groups in total. The molecule has 1 unspecified atom stereocenters. The average molecular weight is 329 g/mol. The lowest BCUT2D eigenvalue weighted by Gasteiger charge is -2.20. The number of nitrogens with zero attached hydrogens (tertiary/aromatic N) is 2. The van der Waals surface area contributed by atoms with Crippen molar-refractivity contribution in [2.45, 2.75) is 45.8 Å². The molecule has 0 radical (unpaired) electrons. The van der Waals surface area contributed by atoms with Crippen molar-refractivity contribution in [2.24, 2.45) is 5.16 Å². The minimum atomic E-state index is -1.30. The van der Waals surface area contributed by atoms with Crippen LogP contribution < -0.4 is 5.73 Å². The Kier molecular flexibility index (Phi) is 5.86. The van der Waals surface area contributed by atoms with Gasteiger partial charge in [-0.15, -0.1) is 11.3 Å². The van der Waals surface area contributed by atoms with Gasteiger partial charge in [0.1, 0.15) is 17.4 Å². The summed E-state index contributed by atoms with van der Waals surface area (Å²) in [5.74, 6) is -1.75. The van der Waals surface area contributed by atoms with E-state index in [1.165, 1.54) is 5.38 Å². The molecule has 0 spiro atoms. The van der Waals surface area contributed by atoms with Crippen LogP contribution in [-0.2, 0) is 19.2 Å². The van der Waals surface area contributed by atoms with Gasteiger partial charge in [0, 0.05) is 5.38 Å². The summed E-state index contributed by atoms with van der Waals surface area (Å²) in [7, 11) is 0. The number of carboxylic acid groups (broad SMARTS) is 1. The number of nitrogens with two attached hydrogens (primary N) is 1. The van der Waals surface area contributed by atoms with Gasteiger partial charge >= 0.3 is 11.9 Å². The van der Waals surface area contributed by atoms with Crippen LogP contribution >= 0.6 is 11.3 Å². The van der Waals surface area contributed by atoms with Crippen LogP contribution in [0.2, 0.25) is 0 Å². The first-order valence-electron chi connectivity index (χ1n) is 6.49. The van der Waals surface area contributed by atoms with E-state index in [1.807, 2.05) is 0 Å². The fourth-order valence-electron chi connectivity index (χ4n) is 1.39. The summed E-state index contributed by atoms with van der Waals surface area (Å²) in [5.41, 5.74) is 4.60. The van der Waals surface area contributed by atoms with Crippen molar-refractivity contribution in [3.05, 3.63) is 11.1 Å². The van der Waals surface area contributed by atoms with Crippen molar-refractivity contribution >= 4 is 34.1 Å². The van der Waals surface area contributed by atoms with Crippen LogP contribution in [0.5, 0.6) is 0 Å². The molecular weight excluding hydrogens is 310 g/mol. The second-order valence-electron chi connectivity index (χ2n) is 5.52. The Balaban J connectivity index is 2.67. The fourth-order valence-corrected chi connectivity index (χ4v) is 1.94. The minimum Gasteiger partial charge on any atom is -0.476 e. The summed E-state index contributed by atoms with van der Waals surface area (Å²) >= 11 is 1.09. The Morgan fingerprint density at radius 2 is 2.14 bits per heavy atom. The van der Waals surface area contributed by atoms with Gasteiger partial charge in [-0.3, -0.25) is 4.79 Å². The summed E-state index contributed by atoms with van der Waals surface area (Å²) in [4.78, 5) is 31.7. The molecule has 1 aromatic heterocycles. The maximum absolute atomic E-state index is 11.6. The Bertz CT molecular complexity index is 576. The summed E-state index contributed by atoms with van der Waals surface area (Å²) in [5, 5.41) is 14.3. The van der Waals surface area contributed by atoms with E-state index in [9.17, 15) is 9.59 Å². The van der Waals surface area contributed by atoms with Crippen molar-refractivity contribution in [2.75, 3.05) is 5.73 Å². The molecule has 0 amide bonds. The Labute approximate surface area is 131 Å². The quantitative estimate of drug-likeness (QED) is 0.462. The number of anilines is 1. The van der Waals surface area contributed by atoms with Crippen LogP contribution in [0.3, 0.4) is 0 Å². The number of oxime groups is 1. The van der Waals surface area contributed by atoms with Crippen LogP contribution in [-0.4, -0.2) is 39.4 Å². The molecule has 9 heteroatoms. The third-order valence-electron chi connectivity index (χ3n) is 2.17. The summed E-state index contributed by atoms with van der Waals surface area (Å²) in [6, 6.07) is 0. The zero-order valence-corrected chi connectivity index (χ0v) is 13.6. The molecule has 1 heterocycles. The van der Waals surface area contributed by atoms with Gasteiger partial charge in [0.05, 0.1) is 6.42 Å². The second kappa shape index (κ2) is 7.21. The van der Waals surface area contributed by atoms with E-state index in [-0.39, 0.29) is 23.0 Å². The number of nitrogen functional groups attached to an aromatic ring is 1. The largest absolute Gasteiger partial charge is 0.476 e. The van der Waals surface area contributed by atoms with Gasteiger partial charge in [0.15, 0.2) is 5.13 Å². The first kappa shape index (κ1) is 17.9. The van der Waals surface area contributed by atoms with Crippen molar-refractivity contribution in [1.29, 1.82) is 0 Å². The number of carboxylic acids is 1. The maximum Gasteiger partial charge on any atom is 0.360 e. The molecule has 0 fully saturated rings. The fraction of sp³-hybridized carbons (Fsp3) is 0.538. The van der Waals surface area contributed by atoms with Gasteiger partial charge in [-0.05, 0) is 27.7 Å². The van der Waals surface area contributed by atoms with Crippen LogP contribution in [0.15, 0.2) is 10.5 Å². The molecule has 0 aromatic carbocycles. The second-order valence-corrected chi connectivity index (χ2v) is 6.41. The van der Waals surface area contributed by atoms with Crippen LogP contribution in [0.25, 0.3) is 0 Å². The minimum absolute atomic E-state index is 0.0487. The molecule has 0 saturated heterocycles. The number of esters is 1. The van der Waals surface area contributed by atoms with Crippen LogP contribution in [0.4, 0.5) is 5.13 Å². The highest BCUT2D eigenvalue weighted by atomic mass is 32.1. The zero-order valence-electron chi connectivity index (χ0n) is 12.8. The maximum atomic E-state index is 11.6. The highest BCUT2D eigenvalue weighted by molar-refractivity contribution is 7.13. The van der Waals surface area contributed by atoms with Gasteiger partial charge in [-0.2, -0.15) is 0 Å². The van der Waals surface area contributed by atoms with E-state index in [0.717, 1.165) is 11.3 Å². The Hall–Kier alpha value is -2.16. The Morgan fingerprint density at radius 1 is 1.50 bits per heavy atom. The number of rotatable bonds is 6. The molecule has 122 valence electrons. The molecule has 0 aliphatic carbocycles. The highest BCUT2D eigenvalue weighted by Gasteiger charge is 2.21. The third kappa shape index (κ3) is 6.08. The van der Waals surface area contributed by atoms with E-state index in [1.54, 1.807) is 27.7 Å². The predicted octanol–water partition coefficient (Wildman–Crippen LogP) is 1.65. The third-order valence-corrected chi connectivity index (χ3v) is 2.84. The molecule has 1 rings (SSSR count). The lowest BCUT2D eigenvalue weighted by Crippen LogP contribution is -2.26. The molecule has 8 nitrogen and oxygen atoms in total. The Morgan fingerprint density at radius 3 is 2.59 bits per heavy atom. The smallest absolute Gasteiger partial charge is 0.360 e. The summed E-state index contributed by atoms with van der Waals surface area (Å²) in [6.45, 7) is 6.85. The molecule has 0 aliphatic rings. The number of carbonyl (C=O) groups is 2. The van der Waals surface area contributed by atoms with Crippen LogP contribution in [0.1, 0.15) is 39.8 Å². The average Bonchev–Trinajstić information content (AvgIpc) is 2.72. The summed E-state index contributed by atoms with van der Waals surface area (Å²) < 4.78 is 5.14. The molecule has 1 aromatic rings. The van der Waals surface area contributed by atoms with E-state index in [4.69, 9.17) is 20.4 Å². The van der Waals surface area contributed by atoms with Gasteiger partial charge in [0.25, 0.3) is 0 Å². The van der Waals surface area contributed by atoms with Gasteiger partial charge in [0.2, 0.25) is 5.71 Å². The molecule has 1 atom stereocenters. The standard InChI is InChI=1S/C13H19N3O5S/c1-7(5-9(17)20-13(2,3)4)21-16-10(11(18)19)8-6-22-12(14)15-8/h6-7H,5H2,1-4H3,(H2,14,15)(H,18,19). The number of aromatic nitrogens is 1. The number of ether oxygens (including phenoxy) is 1. The van der Waals surface area contributed by atoms with Crippen molar-refractivity contribution in [3.8, 4) is 0 Å². The molecule has 22 heavy (non-hydrogen) atoms. The van der Waals surface area contributed by atoms with Crippen molar-refractivity contribution in [3.63, 3.8) is 0 Å². The normalized spacial score (nSPS) is 13.5. The summed E-state index contributed by atoms with van der Waals surface area (Å²) in [6.07, 6.45) is -0.687. The van der Waals surface area contributed by atoms with Crippen molar-refractivity contribution in [1.82, 2.24) is 4.98 Å². The number of hydrogen-bond donors (Lipinski definition) is 2. The van der Waals surface area contributed by atoms with E-state index in [0.29, 0.717) is 0 Å². The lowest BCUT2D eigenvalue weighted by molar-refractivity contribution is -0.157. The number of carbonyl (C=O) groups excluding carboxylic acids is 1. The number of thiazole rings is 1. The van der Waals surface area contributed by atoms with Crippen LogP contribution in [0, 0.1) is 0 Å². The first-order chi connectivity index (χ1) is 10.1. The van der Waals surface area contributed by atoms with E-state index >= 15 is 0 Å². The SMILES string of the molecule is CC(CC(=O)OC(C)(C)C)ON=C(C(=O)O)c1csc(N)n1.